The number of benzene rings is 1. The molecular weight excluding hydrogens is 216 g/mol. The normalized spacial score (nSPS) is 11.6. The number of nitrogens with two attached hydrogens (primary N) is 1. The summed E-state index contributed by atoms with van der Waals surface area (Å²) in [5.41, 5.74) is 6.29. The molecule has 5 heteroatoms. The Balaban J connectivity index is 2.28. The van der Waals surface area contributed by atoms with Crippen LogP contribution in [-0.2, 0) is 6.54 Å². The van der Waals surface area contributed by atoms with Gasteiger partial charge in [0.05, 0.1) is 5.84 Å². The molecule has 0 aromatic heterocycles. The second-order valence-electron chi connectivity index (χ2n) is 3.94. The molecule has 0 spiro atoms. The van der Waals surface area contributed by atoms with Gasteiger partial charge in [0.15, 0.2) is 0 Å². The van der Waals surface area contributed by atoms with Crippen molar-refractivity contribution in [1.82, 2.24) is 10.6 Å². The van der Waals surface area contributed by atoms with Crippen LogP contribution in [0.25, 0.3) is 0 Å². The molecule has 0 aliphatic rings. The van der Waals surface area contributed by atoms with E-state index in [2.05, 4.69) is 10.6 Å². The predicted molar refractivity (Wildman–Crippen MR) is 67.8 cm³/mol. The van der Waals surface area contributed by atoms with E-state index < -0.39 is 0 Å². The summed E-state index contributed by atoms with van der Waals surface area (Å²) < 4.78 is 0. The highest BCUT2D eigenvalue weighted by Gasteiger charge is 2.07. The van der Waals surface area contributed by atoms with E-state index in [0.29, 0.717) is 13.0 Å². The zero-order chi connectivity index (χ0) is 12.7. The number of rotatable bonds is 5. The zero-order valence-corrected chi connectivity index (χ0v) is 9.86. The van der Waals surface area contributed by atoms with Crippen LogP contribution in [0.2, 0.25) is 0 Å². The number of amidine groups is 1. The highest BCUT2D eigenvalue weighted by molar-refractivity contribution is 5.79. The van der Waals surface area contributed by atoms with Gasteiger partial charge in [0, 0.05) is 19.0 Å². The lowest BCUT2D eigenvalue weighted by molar-refractivity contribution is 0.237. The Labute approximate surface area is 101 Å². The van der Waals surface area contributed by atoms with Crippen molar-refractivity contribution in [1.29, 1.82) is 5.41 Å². The molecule has 1 aromatic rings. The first kappa shape index (κ1) is 13.0. The van der Waals surface area contributed by atoms with Crippen LogP contribution in [0.15, 0.2) is 30.3 Å². The van der Waals surface area contributed by atoms with Crippen molar-refractivity contribution in [3.05, 3.63) is 35.9 Å². The SMILES string of the molecule is CC(CC(=N)N)NC(=O)NCc1ccccc1. The van der Waals surface area contributed by atoms with Gasteiger partial charge < -0.3 is 16.4 Å². The molecular formula is C12H18N4O. The Morgan fingerprint density at radius 1 is 1.41 bits per heavy atom. The van der Waals surface area contributed by atoms with Crippen LogP contribution >= 0.6 is 0 Å². The summed E-state index contributed by atoms with van der Waals surface area (Å²) in [4.78, 5) is 11.5. The van der Waals surface area contributed by atoms with Crippen molar-refractivity contribution in [3.8, 4) is 0 Å². The molecule has 0 radical (unpaired) electrons. The summed E-state index contributed by atoms with van der Waals surface area (Å²) in [6, 6.07) is 9.28. The van der Waals surface area contributed by atoms with Crippen LogP contribution in [0.3, 0.4) is 0 Å². The van der Waals surface area contributed by atoms with Gasteiger partial charge >= 0.3 is 6.03 Å². The van der Waals surface area contributed by atoms with Crippen LogP contribution in [-0.4, -0.2) is 17.9 Å². The smallest absolute Gasteiger partial charge is 0.315 e. The average Bonchev–Trinajstić information content (AvgIpc) is 2.26. The number of carbonyl (C=O) groups excluding carboxylic acids is 1. The lowest BCUT2D eigenvalue weighted by Crippen LogP contribution is -2.41. The van der Waals surface area contributed by atoms with Crippen LogP contribution in [0.1, 0.15) is 18.9 Å². The van der Waals surface area contributed by atoms with E-state index in [0.717, 1.165) is 5.56 Å². The van der Waals surface area contributed by atoms with E-state index in [4.69, 9.17) is 11.1 Å². The molecule has 17 heavy (non-hydrogen) atoms. The largest absolute Gasteiger partial charge is 0.388 e. The maximum Gasteiger partial charge on any atom is 0.315 e. The Morgan fingerprint density at radius 2 is 2.06 bits per heavy atom. The lowest BCUT2D eigenvalue weighted by Gasteiger charge is -2.13. The fourth-order valence-electron chi connectivity index (χ4n) is 1.43. The minimum atomic E-state index is -0.248. The molecule has 5 nitrogen and oxygen atoms in total. The third kappa shape index (κ3) is 5.55. The van der Waals surface area contributed by atoms with Gasteiger partial charge in [-0.05, 0) is 12.5 Å². The minimum absolute atomic E-state index is 0.0702. The van der Waals surface area contributed by atoms with E-state index in [9.17, 15) is 4.79 Å². The van der Waals surface area contributed by atoms with E-state index in [1.807, 2.05) is 37.3 Å². The Bertz CT molecular complexity index is 377. The van der Waals surface area contributed by atoms with Gasteiger partial charge in [-0.3, -0.25) is 5.41 Å². The fourth-order valence-corrected chi connectivity index (χ4v) is 1.43. The molecule has 0 saturated carbocycles. The predicted octanol–water partition coefficient (Wildman–Crippen LogP) is 1.20. The number of hydrogen-bond donors (Lipinski definition) is 4. The van der Waals surface area contributed by atoms with E-state index >= 15 is 0 Å². The molecule has 1 atom stereocenters. The molecule has 0 fully saturated rings. The van der Waals surface area contributed by atoms with Crippen molar-refractivity contribution in [2.24, 2.45) is 5.73 Å². The number of hydrogen-bond acceptors (Lipinski definition) is 2. The van der Waals surface area contributed by atoms with Gasteiger partial charge in [-0.2, -0.15) is 0 Å². The maximum atomic E-state index is 11.5. The maximum absolute atomic E-state index is 11.5. The van der Waals surface area contributed by atoms with E-state index in [-0.39, 0.29) is 17.9 Å². The second-order valence-corrected chi connectivity index (χ2v) is 3.94. The Hall–Kier alpha value is -2.04. The standard InChI is InChI=1S/C12H18N4O/c1-9(7-11(13)14)16-12(17)15-8-10-5-3-2-4-6-10/h2-6,9H,7-8H2,1H3,(H3,13,14)(H2,15,16,17). The van der Waals surface area contributed by atoms with Crippen molar-refractivity contribution in [2.75, 3.05) is 0 Å². The van der Waals surface area contributed by atoms with Crippen LogP contribution in [0.5, 0.6) is 0 Å². The monoisotopic (exact) mass is 234 g/mol. The van der Waals surface area contributed by atoms with Gasteiger partial charge in [0.1, 0.15) is 0 Å². The molecule has 0 aliphatic heterocycles. The van der Waals surface area contributed by atoms with Crippen LogP contribution in [0, 0.1) is 5.41 Å². The van der Waals surface area contributed by atoms with E-state index in [1.165, 1.54) is 0 Å². The average molecular weight is 234 g/mol. The minimum Gasteiger partial charge on any atom is -0.388 e. The van der Waals surface area contributed by atoms with Crippen molar-refractivity contribution >= 4 is 11.9 Å². The number of urea groups is 1. The third-order valence-electron chi connectivity index (χ3n) is 2.20. The number of carbonyl (C=O) groups is 1. The highest BCUT2D eigenvalue weighted by atomic mass is 16.2. The van der Waals surface area contributed by atoms with Crippen molar-refractivity contribution in [3.63, 3.8) is 0 Å². The molecule has 0 aliphatic carbocycles. The quantitative estimate of drug-likeness (QED) is 0.455. The highest BCUT2D eigenvalue weighted by Crippen LogP contribution is 1.97. The van der Waals surface area contributed by atoms with Gasteiger partial charge in [-0.15, -0.1) is 0 Å². The summed E-state index contributed by atoms with van der Waals surface area (Å²) in [6.45, 7) is 2.29. The zero-order valence-electron chi connectivity index (χ0n) is 9.86. The molecule has 2 amide bonds. The summed E-state index contributed by atoms with van der Waals surface area (Å²) in [5.74, 6) is 0.0702. The van der Waals surface area contributed by atoms with Gasteiger partial charge in [0.2, 0.25) is 0 Å². The summed E-state index contributed by atoms with van der Waals surface area (Å²) >= 11 is 0. The first-order valence-electron chi connectivity index (χ1n) is 5.49. The molecule has 0 bridgehead atoms. The fraction of sp³-hybridized carbons (Fsp3) is 0.333. The third-order valence-corrected chi connectivity index (χ3v) is 2.20. The van der Waals surface area contributed by atoms with Crippen molar-refractivity contribution in [2.45, 2.75) is 25.9 Å². The number of nitrogens with one attached hydrogen (secondary N) is 3. The molecule has 1 aromatic carbocycles. The first-order chi connectivity index (χ1) is 8.08. The molecule has 0 heterocycles. The molecule has 5 N–H and O–H groups in total. The Morgan fingerprint density at radius 3 is 2.65 bits per heavy atom. The second kappa shape index (κ2) is 6.52. The summed E-state index contributed by atoms with van der Waals surface area (Å²) in [5, 5.41) is 12.6. The van der Waals surface area contributed by atoms with Gasteiger partial charge in [0.25, 0.3) is 0 Å². The topological polar surface area (TPSA) is 91.0 Å². The summed E-state index contributed by atoms with van der Waals surface area (Å²) in [6.07, 6.45) is 0.360. The van der Waals surface area contributed by atoms with Gasteiger partial charge in [-0.1, -0.05) is 30.3 Å². The molecule has 92 valence electrons. The molecule has 0 saturated heterocycles. The van der Waals surface area contributed by atoms with Crippen LogP contribution < -0.4 is 16.4 Å². The summed E-state index contributed by atoms with van der Waals surface area (Å²) in [7, 11) is 0. The van der Waals surface area contributed by atoms with Crippen LogP contribution in [0.4, 0.5) is 4.79 Å². The number of amides is 2. The molecule has 1 unspecified atom stereocenters. The lowest BCUT2D eigenvalue weighted by atomic mass is 10.2. The first-order valence-corrected chi connectivity index (χ1v) is 5.49. The van der Waals surface area contributed by atoms with Gasteiger partial charge in [-0.25, -0.2) is 4.79 Å². The van der Waals surface area contributed by atoms with Crippen molar-refractivity contribution < 1.29 is 4.79 Å². The molecule has 1 rings (SSSR count). The van der Waals surface area contributed by atoms with E-state index in [1.54, 1.807) is 0 Å². The Kier molecular flexibility index (Phi) is 5.00.